The second-order valence-electron chi connectivity index (χ2n) is 5.79. The molecule has 120 valence electrons. The minimum atomic E-state index is -0.766. The van der Waals surface area contributed by atoms with Crippen molar-refractivity contribution >= 4 is 11.9 Å². The van der Waals surface area contributed by atoms with E-state index in [-0.39, 0.29) is 24.3 Å². The molecule has 0 saturated heterocycles. The Bertz CT molecular complexity index is 529. The smallest absolute Gasteiger partial charge is 0.306 e. The number of nitrogens with one attached hydrogen (secondary N) is 1. The number of ether oxygens (including phenoxy) is 1. The molecule has 0 spiro atoms. The number of rotatable bonds is 7. The van der Waals surface area contributed by atoms with Crippen molar-refractivity contribution in [3.63, 3.8) is 0 Å². The van der Waals surface area contributed by atoms with Crippen LogP contribution in [0.2, 0.25) is 0 Å². The van der Waals surface area contributed by atoms with Gasteiger partial charge in [-0.3, -0.25) is 9.59 Å². The zero-order valence-electron chi connectivity index (χ0n) is 12.9. The fourth-order valence-electron chi connectivity index (χ4n) is 2.77. The molecule has 22 heavy (non-hydrogen) atoms. The van der Waals surface area contributed by atoms with Gasteiger partial charge in [-0.2, -0.15) is 0 Å². The topological polar surface area (TPSA) is 75.6 Å². The fraction of sp³-hybridized carbons (Fsp3) is 0.529. The van der Waals surface area contributed by atoms with E-state index in [4.69, 9.17) is 9.84 Å². The Labute approximate surface area is 130 Å². The molecule has 1 amide bonds. The molecule has 1 aliphatic carbocycles. The fourth-order valence-corrected chi connectivity index (χ4v) is 2.77. The standard InChI is InChI=1S/C17H23NO4/c1-2-8-22-15-5-3-4-12(9-15)10-16(19)18-14-7-6-13(11-14)17(20)21/h3-5,9,13-14H,2,6-8,10-11H2,1H3,(H,18,19)(H,20,21)/t13-,14+/m1/s1. The molecule has 0 aliphatic heterocycles. The molecule has 5 heteroatoms. The lowest BCUT2D eigenvalue weighted by Crippen LogP contribution is -2.34. The molecule has 2 rings (SSSR count). The van der Waals surface area contributed by atoms with Crippen molar-refractivity contribution in [3.05, 3.63) is 29.8 Å². The van der Waals surface area contributed by atoms with Crippen LogP contribution in [-0.2, 0) is 16.0 Å². The first-order valence-electron chi connectivity index (χ1n) is 7.82. The number of hydrogen-bond donors (Lipinski definition) is 2. The average Bonchev–Trinajstić information content (AvgIpc) is 2.94. The molecule has 0 bridgehead atoms. The first-order valence-corrected chi connectivity index (χ1v) is 7.82. The Morgan fingerprint density at radius 1 is 1.36 bits per heavy atom. The maximum Gasteiger partial charge on any atom is 0.306 e. The van der Waals surface area contributed by atoms with Gasteiger partial charge in [-0.1, -0.05) is 19.1 Å². The third kappa shape index (κ3) is 4.76. The molecule has 0 heterocycles. The summed E-state index contributed by atoms with van der Waals surface area (Å²) < 4.78 is 5.55. The number of carboxylic acids is 1. The van der Waals surface area contributed by atoms with E-state index in [2.05, 4.69) is 5.32 Å². The first kappa shape index (κ1) is 16.3. The SMILES string of the molecule is CCCOc1cccc(CC(=O)N[C@H]2CC[C@@H](C(=O)O)C2)c1. The van der Waals surface area contributed by atoms with Crippen molar-refractivity contribution in [2.24, 2.45) is 5.92 Å². The lowest BCUT2D eigenvalue weighted by atomic mass is 10.1. The monoisotopic (exact) mass is 305 g/mol. The summed E-state index contributed by atoms with van der Waals surface area (Å²) in [4.78, 5) is 23.0. The minimum Gasteiger partial charge on any atom is -0.494 e. The molecule has 2 atom stereocenters. The van der Waals surface area contributed by atoms with Crippen LogP contribution in [0.4, 0.5) is 0 Å². The van der Waals surface area contributed by atoms with Gasteiger partial charge in [0.1, 0.15) is 5.75 Å². The summed E-state index contributed by atoms with van der Waals surface area (Å²) in [5.74, 6) is -0.378. The van der Waals surface area contributed by atoms with Crippen LogP contribution in [0.25, 0.3) is 0 Å². The van der Waals surface area contributed by atoms with Crippen LogP contribution in [0.5, 0.6) is 5.75 Å². The number of aliphatic carboxylic acids is 1. The number of carboxylic acid groups (broad SMARTS) is 1. The zero-order chi connectivity index (χ0) is 15.9. The zero-order valence-corrected chi connectivity index (χ0v) is 12.9. The Hall–Kier alpha value is -2.04. The summed E-state index contributed by atoms with van der Waals surface area (Å²) in [7, 11) is 0. The van der Waals surface area contributed by atoms with Gasteiger partial charge in [0.05, 0.1) is 18.9 Å². The van der Waals surface area contributed by atoms with Gasteiger partial charge in [-0.05, 0) is 43.4 Å². The van der Waals surface area contributed by atoms with Crippen molar-refractivity contribution < 1.29 is 19.4 Å². The van der Waals surface area contributed by atoms with Crippen LogP contribution in [-0.4, -0.2) is 29.6 Å². The van der Waals surface area contributed by atoms with Gasteiger partial charge in [0.2, 0.25) is 5.91 Å². The van der Waals surface area contributed by atoms with E-state index in [1.54, 1.807) is 0 Å². The third-order valence-corrected chi connectivity index (χ3v) is 3.88. The van der Waals surface area contributed by atoms with E-state index in [1.165, 1.54) is 0 Å². The average molecular weight is 305 g/mol. The number of benzene rings is 1. The highest BCUT2D eigenvalue weighted by Gasteiger charge is 2.30. The first-order chi connectivity index (χ1) is 10.6. The molecule has 5 nitrogen and oxygen atoms in total. The molecule has 0 radical (unpaired) electrons. The molecule has 2 N–H and O–H groups in total. The van der Waals surface area contributed by atoms with E-state index in [9.17, 15) is 9.59 Å². The van der Waals surface area contributed by atoms with E-state index in [0.717, 1.165) is 24.2 Å². The molecular weight excluding hydrogens is 282 g/mol. The van der Waals surface area contributed by atoms with E-state index >= 15 is 0 Å². The van der Waals surface area contributed by atoms with Crippen molar-refractivity contribution in [2.75, 3.05) is 6.61 Å². The molecule has 1 fully saturated rings. The number of carbonyl (C=O) groups is 2. The van der Waals surface area contributed by atoms with Gasteiger partial charge < -0.3 is 15.2 Å². The van der Waals surface area contributed by atoms with Crippen molar-refractivity contribution in [3.8, 4) is 5.75 Å². The van der Waals surface area contributed by atoms with Crippen molar-refractivity contribution in [1.82, 2.24) is 5.32 Å². The Kier molecular flexibility index (Phi) is 5.81. The van der Waals surface area contributed by atoms with Gasteiger partial charge in [0, 0.05) is 6.04 Å². The summed E-state index contributed by atoms with van der Waals surface area (Å²) in [6.45, 7) is 2.71. The summed E-state index contributed by atoms with van der Waals surface area (Å²) >= 11 is 0. The largest absolute Gasteiger partial charge is 0.494 e. The maximum absolute atomic E-state index is 12.1. The summed E-state index contributed by atoms with van der Waals surface area (Å²) in [5.41, 5.74) is 0.902. The summed E-state index contributed by atoms with van der Waals surface area (Å²) in [6, 6.07) is 7.51. The van der Waals surface area contributed by atoms with Gasteiger partial charge in [0.25, 0.3) is 0 Å². The Morgan fingerprint density at radius 3 is 2.86 bits per heavy atom. The molecule has 1 saturated carbocycles. The molecule has 0 unspecified atom stereocenters. The van der Waals surface area contributed by atoms with Gasteiger partial charge in [-0.15, -0.1) is 0 Å². The van der Waals surface area contributed by atoms with Crippen molar-refractivity contribution in [1.29, 1.82) is 0 Å². The normalized spacial score (nSPS) is 20.6. The highest BCUT2D eigenvalue weighted by atomic mass is 16.5. The highest BCUT2D eigenvalue weighted by Crippen LogP contribution is 2.25. The Balaban J connectivity index is 1.83. The van der Waals surface area contributed by atoms with Gasteiger partial charge >= 0.3 is 5.97 Å². The number of carbonyl (C=O) groups excluding carboxylic acids is 1. The predicted octanol–water partition coefficient (Wildman–Crippen LogP) is 2.39. The van der Waals surface area contributed by atoms with Crippen LogP contribution < -0.4 is 10.1 Å². The minimum absolute atomic E-state index is 0.0203. The second kappa shape index (κ2) is 7.82. The maximum atomic E-state index is 12.1. The predicted molar refractivity (Wildman–Crippen MR) is 82.8 cm³/mol. The molecular formula is C17H23NO4. The number of amides is 1. The van der Waals surface area contributed by atoms with Crippen LogP contribution in [0.1, 0.15) is 38.2 Å². The van der Waals surface area contributed by atoms with Crippen LogP contribution in [0.15, 0.2) is 24.3 Å². The molecule has 0 aromatic heterocycles. The lowest BCUT2D eigenvalue weighted by molar-refractivity contribution is -0.141. The number of hydrogen-bond acceptors (Lipinski definition) is 3. The third-order valence-electron chi connectivity index (χ3n) is 3.88. The highest BCUT2D eigenvalue weighted by molar-refractivity contribution is 5.79. The molecule has 1 aromatic rings. The van der Waals surface area contributed by atoms with Gasteiger partial charge in [0.15, 0.2) is 0 Å². The van der Waals surface area contributed by atoms with E-state index in [1.807, 2.05) is 31.2 Å². The molecule has 1 aliphatic rings. The quantitative estimate of drug-likeness (QED) is 0.811. The van der Waals surface area contributed by atoms with Crippen LogP contribution >= 0.6 is 0 Å². The Morgan fingerprint density at radius 2 is 2.18 bits per heavy atom. The van der Waals surface area contributed by atoms with E-state index < -0.39 is 5.97 Å². The molecule has 1 aromatic carbocycles. The van der Waals surface area contributed by atoms with Crippen LogP contribution in [0.3, 0.4) is 0 Å². The second-order valence-corrected chi connectivity index (χ2v) is 5.79. The van der Waals surface area contributed by atoms with Crippen molar-refractivity contribution in [2.45, 2.75) is 45.1 Å². The van der Waals surface area contributed by atoms with E-state index in [0.29, 0.717) is 19.4 Å². The van der Waals surface area contributed by atoms with Gasteiger partial charge in [-0.25, -0.2) is 0 Å². The lowest BCUT2D eigenvalue weighted by Gasteiger charge is -2.13. The summed E-state index contributed by atoms with van der Waals surface area (Å²) in [5, 5.41) is 11.9. The van der Waals surface area contributed by atoms with Crippen LogP contribution in [0, 0.1) is 5.92 Å². The summed E-state index contributed by atoms with van der Waals surface area (Å²) in [6.07, 6.45) is 3.14.